The van der Waals surface area contributed by atoms with Crippen molar-refractivity contribution < 1.29 is 77.3 Å². The van der Waals surface area contributed by atoms with Crippen molar-refractivity contribution in [1.82, 2.24) is 58.5 Å². The predicted octanol–water partition coefficient (Wildman–Crippen LogP) is -1.77. The van der Waals surface area contributed by atoms with Gasteiger partial charge in [-0.1, -0.05) is 105 Å². The minimum Gasteiger partial charge on any atom is -0.481 e. The van der Waals surface area contributed by atoms with Crippen LogP contribution < -0.4 is 75.7 Å². The number of nitrogens with zero attached hydrogens (tertiary/aromatic N) is 3. The third kappa shape index (κ3) is 27.7. The molecule has 16 atom stereocenters. The quantitative estimate of drug-likeness (QED) is 0.0391. The molecular formula is C66H103N17O16S. The molecule has 1 aromatic rings. The van der Waals surface area contributed by atoms with Gasteiger partial charge < -0.3 is 85.9 Å². The second-order valence-corrected chi connectivity index (χ2v) is 27.1. The summed E-state index contributed by atoms with van der Waals surface area (Å²) in [6.45, 7) is 14.1. The van der Waals surface area contributed by atoms with Crippen molar-refractivity contribution in [2.45, 2.75) is 230 Å². The molecule has 1 aromatic carbocycles. The summed E-state index contributed by atoms with van der Waals surface area (Å²) in [5.74, 6) is -15.4. The predicted molar refractivity (Wildman–Crippen MR) is 372 cm³/mol. The molecule has 3 aliphatic rings. The maximum Gasteiger partial charge on any atom is 0.305 e. The number of carboxylic acid groups (broad SMARTS) is 2. The van der Waals surface area contributed by atoms with Crippen LogP contribution in [-0.2, 0) is 73.5 Å². The lowest BCUT2D eigenvalue weighted by atomic mass is 9.96. The van der Waals surface area contributed by atoms with Crippen LogP contribution in [0.1, 0.15) is 151 Å². The molecule has 0 radical (unpaired) electrons. The number of aliphatic imine (C=N–C) groups is 3. The Bertz CT molecular complexity index is 3110. The number of amides is 12. The van der Waals surface area contributed by atoms with Crippen molar-refractivity contribution in [2.75, 3.05) is 18.8 Å². The summed E-state index contributed by atoms with van der Waals surface area (Å²) in [5, 5.41) is 49.1. The normalized spacial score (nSPS) is 24.4. The fourth-order valence-corrected chi connectivity index (χ4v) is 12.1. The largest absolute Gasteiger partial charge is 0.481 e. The number of hydrogen-bond acceptors (Lipinski definition) is 20. The number of carbonyl (C=O) groups excluding carboxylic acids is 12. The second kappa shape index (κ2) is 42.2. The average Bonchev–Trinajstić information content (AvgIpc) is 1.37. The summed E-state index contributed by atoms with van der Waals surface area (Å²) >= 11 is 1.35. The second-order valence-electron chi connectivity index (χ2n) is 26.0. The molecule has 0 bridgehead atoms. The van der Waals surface area contributed by atoms with Crippen molar-refractivity contribution in [3.63, 3.8) is 0 Å². The first kappa shape index (κ1) is 83.5. The van der Waals surface area contributed by atoms with Gasteiger partial charge >= 0.3 is 11.9 Å². The Kier molecular flexibility index (Phi) is 35.3. The molecular weight excluding hydrogens is 1320 g/mol. The Morgan fingerprint density at radius 3 is 1.88 bits per heavy atom. The Labute approximate surface area is 586 Å². The van der Waals surface area contributed by atoms with E-state index in [1.54, 1.807) is 58.0 Å². The molecule has 1 fully saturated rings. The Morgan fingerprint density at radius 2 is 1.28 bits per heavy atom. The average molecular weight is 1420 g/mol. The Balaban J connectivity index is 1.77. The highest BCUT2D eigenvalue weighted by Gasteiger charge is 2.40. The number of carboxylic acids is 2. The van der Waals surface area contributed by atoms with Crippen molar-refractivity contribution in [2.24, 2.45) is 55.8 Å². The highest BCUT2D eigenvalue weighted by atomic mass is 32.2. The highest BCUT2D eigenvalue weighted by Crippen LogP contribution is 2.25. The minimum atomic E-state index is -1.94. The molecule has 0 aliphatic carbocycles. The van der Waals surface area contributed by atoms with Crippen LogP contribution in [0.15, 0.2) is 45.3 Å². The third-order valence-electron chi connectivity index (χ3n) is 17.6. The first-order chi connectivity index (χ1) is 47.4. The van der Waals surface area contributed by atoms with E-state index >= 15 is 0 Å². The SMILES string of the molecule is CCC(C)C(N)C1=NC(C(=O)NC(CC(C)C)C(=O)NC(CCC(=O)O)C(=O)NC(C(=O)NC2CCCCNC(=O)C(CC(N)=O)NC(=O)C(CC(=O)O)NC(=O)C(CC3C=NC=N3)NC(=O)C(Cc3ccccc3)NC(=O)C(C(C)CC)NC(=O)C(CCCN)NC2=O)C(C)CC)CS1. The van der Waals surface area contributed by atoms with E-state index in [1.165, 1.54) is 24.3 Å². The molecule has 0 spiro atoms. The zero-order valence-electron chi connectivity index (χ0n) is 58.2. The fourth-order valence-electron chi connectivity index (χ4n) is 10.9. The molecule has 16 unspecified atom stereocenters. The summed E-state index contributed by atoms with van der Waals surface area (Å²) in [6, 6.07) is -9.16. The van der Waals surface area contributed by atoms with Crippen molar-refractivity contribution in [1.29, 1.82) is 0 Å². The number of carbonyl (C=O) groups is 14. The molecule has 1 saturated heterocycles. The van der Waals surface area contributed by atoms with E-state index in [1.807, 2.05) is 27.7 Å². The van der Waals surface area contributed by atoms with Gasteiger partial charge in [-0.3, -0.25) is 77.1 Å². The highest BCUT2D eigenvalue weighted by molar-refractivity contribution is 8.14. The third-order valence-corrected chi connectivity index (χ3v) is 18.7. The van der Waals surface area contributed by atoms with Gasteiger partial charge in [0.05, 0.1) is 30.0 Å². The van der Waals surface area contributed by atoms with Crippen LogP contribution in [0.25, 0.3) is 0 Å². The van der Waals surface area contributed by atoms with Crippen LogP contribution in [0.4, 0.5) is 0 Å². The molecule has 0 aromatic heterocycles. The lowest BCUT2D eigenvalue weighted by Gasteiger charge is -2.30. The number of hydrogen-bond donors (Lipinski definition) is 16. The van der Waals surface area contributed by atoms with Crippen LogP contribution in [0.2, 0.25) is 0 Å². The summed E-state index contributed by atoms with van der Waals surface area (Å²) in [5.41, 5.74) is 18.4. The molecule has 554 valence electrons. The Morgan fingerprint density at radius 1 is 0.670 bits per heavy atom. The summed E-state index contributed by atoms with van der Waals surface area (Å²) < 4.78 is 0. The maximum atomic E-state index is 14.9. The van der Waals surface area contributed by atoms with E-state index in [9.17, 15) is 77.3 Å². The van der Waals surface area contributed by atoms with Gasteiger partial charge in [-0.15, -0.1) is 11.8 Å². The molecule has 4 rings (SSSR count). The van der Waals surface area contributed by atoms with E-state index in [4.69, 9.17) is 17.2 Å². The lowest BCUT2D eigenvalue weighted by molar-refractivity contribution is -0.142. The van der Waals surface area contributed by atoms with E-state index in [0.717, 1.165) is 6.42 Å². The van der Waals surface area contributed by atoms with Crippen LogP contribution in [0.5, 0.6) is 0 Å². The van der Waals surface area contributed by atoms with Gasteiger partial charge in [0.15, 0.2) is 0 Å². The van der Waals surface area contributed by atoms with Crippen molar-refractivity contribution in [3.05, 3.63) is 35.9 Å². The number of rotatable bonds is 31. The van der Waals surface area contributed by atoms with E-state index in [-0.39, 0.29) is 94.9 Å². The van der Waals surface area contributed by atoms with E-state index in [2.05, 4.69) is 73.5 Å². The molecule has 3 aliphatic heterocycles. The van der Waals surface area contributed by atoms with Crippen LogP contribution in [0, 0.1) is 23.7 Å². The number of nitrogens with one attached hydrogen (secondary N) is 11. The standard InChI is InChI=1S/C66H103N17O16S/c1-9-35(6)52(69)66-81-48(32-100-66)63(97)76-43(26-34(4)5)59(93)74-42(22-23-50(85)86)58(92)83-53(36(7)10-2)64(98)75-40-20-15-16-25-71-55(89)46(29-49(68)84)78-62(96)47(30-51(87)88)79-61(95)45(28-39-31-70-33-72-39)77-60(94)44(27-38-18-13-12-14-19-38)80-65(99)54(37(8)11-3)82-57(91)41(21-17-24-67)73-56(40)90/h12-14,18-19,31,33-37,39-48,52-54H,9-11,15-17,20-30,32,67,69H2,1-8H3,(H2,68,84)(H,71,89)(H,73,90)(H,74,93)(H,75,98)(H,76,97)(H,77,94)(H,78,96)(H,79,95)(H,80,99)(H,82,91)(H,83,92)(H,85,86)(H,87,88). The first-order valence-electron chi connectivity index (χ1n) is 34.2. The van der Waals surface area contributed by atoms with Gasteiger partial charge in [-0.2, -0.15) is 0 Å². The van der Waals surface area contributed by atoms with Crippen molar-refractivity contribution in [3.8, 4) is 0 Å². The monoisotopic (exact) mass is 1420 g/mol. The van der Waals surface area contributed by atoms with Gasteiger partial charge in [0.25, 0.3) is 0 Å². The van der Waals surface area contributed by atoms with Gasteiger partial charge in [0.1, 0.15) is 72.8 Å². The molecule has 0 saturated carbocycles. The topological polar surface area (TPSA) is 527 Å². The molecule has 100 heavy (non-hydrogen) atoms. The smallest absolute Gasteiger partial charge is 0.305 e. The molecule has 34 heteroatoms. The summed E-state index contributed by atoms with van der Waals surface area (Å²) in [4.78, 5) is 208. The number of aliphatic carboxylic acids is 2. The number of thioether (sulfide) groups is 1. The molecule has 12 amide bonds. The maximum absolute atomic E-state index is 14.9. The molecule has 19 N–H and O–H groups in total. The summed E-state index contributed by atoms with van der Waals surface area (Å²) in [7, 11) is 0. The molecule has 33 nitrogen and oxygen atoms in total. The number of primary amides is 1. The number of benzene rings is 1. The lowest BCUT2D eigenvalue weighted by Crippen LogP contribution is -2.62. The first-order valence-corrected chi connectivity index (χ1v) is 35.2. The van der Waals surface area contributed by atoms with Crippen LogP contribution in [0.3, 0.4) is 0 Å². The molecule has 3 heterocycles. The Hall–Kier alpha value is -8.92. The van der Waals surface area contributed by atoms with Crippen LogP contribution >= 0.6 is 11.8 Å². The van der Waals surface area contributed by atoms with Crippen LogP contribution in [-0.4, -0.2) is 208 Å². The minimum absolute atomic E-state index is 0.000650. The van der Waals surface area contributed by atoms with Gasteiger partial charge in [0.2, 0.25) is 70.9 Å². The van der Waals surface area contributed by atoms with Gasteiger partial charge in [-0.25, -0.2) is 4.99 Å². The zero-order valence-corrected chi connectivity index (χ0v) is 59.0. The fraction of sp³-hybridized carbons (Fsp3) is 0.652. The van der Waals surface area contributed by atoms with E-state index in [0.29, 0.717) is 10.6 Å². The van der Waals surface area contributed by atoms with Gasteiger partial charge in [0, 0.05) is 37.8 Å². The zero-order chi connectivity index (χ0) is 74.3. The van der Waals surface area contributed by atoms with Gasteiger partial charge in [-0.05, 0) is 80.7 Å². The van der Waals surface area contributed by atoms with Crippen molar-refractivity contribution >= 4 is 112 Å². The number of nitrogens with two attached hydrogens (primary N) is 3. The summed E-state index contributed by atoms with van der Waals surface area (Å²) in [6.07, 6.45) is 0.328. The van der Waals surface area contributed by atoms with E-state index < -0.39 is 199 Å².